The van der Waals surface area contributed by atoms with Gasteiger partial charge in [0.15, 0.2) is 0 Å². The van der Waals surface area contributed by atoms with Crippen molar-refractivity contribution in [3.63, 3.8) is 0 Å². The van der Waals surface area contributed by atoms with Gasteiger partial charge in [-0.1, -0.05) is 126 Å². The molecule has 0 spiro atoms. The van der Waals surface area contributed by atoms with Gasteiger partial charge in [-0.05, 0) is 87.9 Å². The van der Waals surface area contributed by atoms with E-state index in [4.69, 9.17) is 4.43 Å². The number of rotatable bonds is 10. The van der Waals surface area contributed by atoms with Crippen LogP contribution in [0.4, 0.5) is 0 Å². The van der Waals surface area contributed by atoms with Gasteiger partial charge in [0.25, 0.3) is 8.32 Å². The molecular formula is C34H36Br2OSi. The first-order valence-corrected chi connectivity index (χ1v) is 18.0. The molecule has 196 valence electrons. The summed E-state index contributed by atoms with van der Waals surface area (Å²) in [4.78, 5) is 0. The molecule has 4 aromatic carbocycles. The van der Waals surface area contributed by atoms with E-state index in [0.29, 0.717) is 0 Å². The molecule has 0 aliphatic heterocycles. The summed E-state index contributed by atoms with van der Waals surface area (Å²) >= 11 is 7.57. The van der Waals surface area contributed by atoms with Crippen LogP contribution in [-0.4, -0.2) is 8.32 Å². The number of fused-ring (bicyclic) bond motifs is 3. The average Bonchev–Trinajstić information content (AvgIpc) is 3.19. The second-order valence-electron chi connectivity index (χ2n) is 10.6. The van der Waals surface area contributed by atoms with E-state index < -0.39 is 13.7 Å². The molecule has 1 aliphatic carbocycles. The molecule has 1 nitrogen and oxygen atoms in total. The van der Waals surface area contributed by atoms with Gasteiger partial charge in [0, 0.05) is 8.95 Å². The summed E-state index contributed by atoms with van der Waals surface area (Å²) in [6.07, 6.45) is 3.58. The average molecular weight is 649 g/mol. The highest BCUT2D eigenvalue weighted by Gasteiger charge is 2.46. The molecule has 0 atom stereocenters. The Morgan fingerprint density at radius 3 is 1.55 bits per heavy atom. The molecule has 1 aliphatic rings. The maximum absolute atomic E-state index is 6.98. The van der Waals surface area contributed by atoms with E-state index in [2.05, 4.69) is 144 Å². The van der Waals surface area contributed by atoms with Crippen LogP contribution in [0, 0.1) is 0 Å². The van der Waals surface area contributed by atoms with Crippen LogP contribution in [-0.2, 0) is 5.41 Å². The fraction of sp³-hybridized carbons (Fsp3) is 0.294. The van der Waals surface area contributed by atoms with Gasteiger partial charge in [-0.2, -0.15) is 0 Å². The van der Waals surface area contributed by atoms with Crippen molar-refractivity contribution in [3.8, 4) is 16.9 Å². The molecule has 4 heteroatoms. The summed E-state index contributed by atoms with van der Waals surface area (Å²) < 4.78 is 9.17. The van der Waals surface area contributed by atoms with Crippen molar-refractivity contribution in [2.45, 2.75) is 63.6 Å². The van der Waals surface area contributed by atoms with Crippen LogP contribution < -0.4 is 4.43 Å². The highest BCUT2D eigenvalue weighted by atomic mass is 79.9. The van der Waals surface area contributed by atoms with Gasteiger partial charge < -0.3 is 4.43 Å². The molecule has 0 saturated heterocycles. The molecule has 0 amide bonds. The molecule has 0 aromatic heterocycles. The van der Waals surface area contributed by atoms with Crippen LogP contribution in [0.2, 0.25) is 18.1 Å². The van der Waals surface area contributed by atoms with Crippen molar-refractivity contribution < 1.29 is 4.43 Å². The van der Waals surface area contributed by atoms with Gasteiger partial charge in [-0.3, -0.25) is 0 Å². The molecule has 0 radical (unpaired) electrons. The Morgan fingerprint density at radius 2 is 1.08 bits per heavy atom. The predicted octanol–water partition coefficient (Wildman–Crippen LogP) is 11.1. The second-order valence-corrected chi connectivity index (χ2v) is 16.5. The van der Waals surface area contributed by atoms with E-state index in [1.165, 1.54) is 70.8 Å². The van der Waals surface area contributed by atoms with Crippen LogP contribution in [0.3, 0.4) is 0 Å². The van der Waals surface area contributed by atoms with E-state index >= 15 is 0 Å². The van der Waals surface area contributed by atoms with Gasteiger partial charge in [0.05, 0.1) is 5.41 Å². The number of halogens is 2. The van der Waals surface area contributed by atoms with Crippen molar-refractivity contribution in [2.75, 3.05) is 0 Å². The molecular weight excluding hydrogens is 612 g/mol. The molecule has 0 bridgehead atoms. The molecule has 0 heterocycles. The van der Waals surface area contributed by atoms with Crippen molar-refractivity contribution in [3.05, 3.63) is 122 Å². The first kappa shape index (κ1) is 27.4. The SMILES string of the molecule is CCC[Si](CCC)(CCC)Oc1ccc(C2(c3ccccc3)c3cc(Br)ccc3-c3ccc(Br)cc32)cc1. The van der Waals surface area contributed by atoms with Crippen molar-refractivity contribution in [1.82, 2.24) is 0 Å². The van der Waals surface area contributed by atoms with Crippen molar-refractivity contribution >= 4 is 40.2 Å². The summed E-state index contributed by atoms with van der Waals surface area (Å²) in [6, 6.07) is 37.2. The highest BCUT2D eigenvalue weighted by molar-refractivity contribution is 9.10. The summed E-state index contributed by atoms with van der Waals surface area (Å²) in [5.41, 5.74) is 7.33. The third-order valence-corrected chi connectivity index (χ3v) is 13.9. The number of benzene rings is 4. The normalized spacial score (nSPS) is 13.7. The van der Waals surface area contributed by atoms with E-state index in [1.807, 2.05) is 0 Å². The Hall–Kier alpha value is -2.14. The molecule has 0 fully saturated rings. The minimum Gasteiger partial charge on any atom is -0.543 e. The monoisotopic (exact) mass is 646 g/mol. The van der Waals surface area contributed by atoms with Crippen LogP contribution in [0.25, 0.3) is 11.1 Å². The van der Waals surface area contributed by atoms with Gasteiger partial charge >= 0.3 is 0 Å². The smallest absolute Gasteiger partial charge is 0.251 e. The van der Waals surface area contributed by atoms with Gasteiger partial charge in [0.1, 0.15) is 5.75 Å². The molecule has 38 heavy (non-hydrogen) atoms. The molecule has 0 unspecified atom stereocenters. The quantitative estimate of drug-likeness (QED) is 0.137. The first-order valence-electron chi connectivity index (χ1n) is 13.9. The topological polar surface area (TPSA) is 9.23 Å². The summed E-state index contributed by atoms with van der Waals surface area (Å²) in [5.74, 6) is 1.03. The highest BCUT2D eigenvalue weighted by Crippen LogP contribution is 2.57. The lowest BCUT2D eigenvalue weighted by Gasteiger charge is -2.35. The summed E-state index contributed by atoms with van der Waals surface area (Å²) in [7, 11) is -1.81. The molecule has 4 aromatic rings. The Bertz CT molecular complexity index is 1330. The zero-order valence-corrected chi connectivity index (χ0v) is 26.7. The fourth-order valence-electron chi connectivity index (χ4n) is 6.66. The van der Waals surface area contributed by atoms with Crippen molar-refractivity contribution in [2.24, 2.45) is 0 Å². The third kappa shape index (κ3) is 4.84. The van der Waals surface area contributed by atoms with Crippen molar-refractivity contribution in [1.29, 1.82) is 0 Å². The van der Waals surface area contributed by atoms with E-state index in [-0.39, 0.29) is 0 Å². The Kier molecular flexibility index (Phi) is 8.32. The minimum atomic E-state index is -1.81. The lowest BCUT2D eigenvalue weighted by molar-refractivity contribution is 0.518. The van der Waals surface area contributed by atoms with Gasteiger partial charge in [0.2, 0.25) is 0 Å². The van der Waals surface area contributed by atoms with E-state index in [0.717, 1.165) is 14.7 Å². The standard InChI is InChI=1S/C34H36Br2OSi/c1-4-20-38(21-5-2,22-6-3)37-29-16-12-26(13-17-29)34(25-10-8-7-9-11-25)32-23-27(35)14-18-30(32)31-19-15-28(36)24-33(31)34/h7-19,23-24H,4-6,20-22H2,1-3H3. The lowest BCUT2D eigenvalue weighted by Crippen LogP contribution is -2.41. The minimum absolute atomic E-state index is 0.414. The van der Waals surface area contributed by atoms with Crippen LogP contribution in [0.5, 0.6) is 5.75 Å². The van der Waals surface area contributed by atoms with E-state index in [1.54, 1.807) is 0 Å². The summed E-state index contributed by atoms with van der Waals surface area (Å²) in [5, 5.41) is 0. The molecule has 0 saturated carbocycles. The lowest BCUT2D eigenvalue weighted by atomic mass is 9.68. The second kappa shape index (κ2) is 11.5. The van der Waals surface area contributed by atoms with Crippen LogP contribution in [0.15, 0.2) is 99.9 Å². The number of hydrogen-bond donors (Lipinski definition) is 0. The van der Waals surface area contributed by atoms with E-state index in [9.17, 15) is 0 Å². The molecule has 0 N–H and O–H groups in total. The number of hydrogen-bond acceptors (Lipinski definition) is 1. The Balaban J connectivity index is 1.69. The zero-order valence-electron chi connectivity index (χ0n) is 22.6. The van der Waals surface area contributed by atoms with Crippen LogP contribution in [0.1, 0.15) is 62.3 Å². The van der Waals surface area contributed by atoms with Gasteiger partial charge in [-0.15, -0.1) is 0 Å². The first-order chi connectivity index (χ1) is 18.5. The molecule has 5 rings (SSSR count). The maximum atomic E-state index is 6.98. The van der Waals surface area contributed by atoms with Crippen LogP contribution >= 0.6 is 31.9 Å². The zero-order chi connectivity index (χ0) is 26.8. The van der Waals surface area contributed by atoms with Gasteiger partial charge in [-0.25, -0.2) is 0 Å². The maximum Gasteiger partial charge on any atom is 0.251 e. The largest absolute Gasteiger partial charge is 0.543 e. The third-order valence-electron chi connectivity index (χ3n) is 8.01. The predicted molar refractivity (Wildman–Crippen MR) is 171 cm³/mol. The Morgan fingerprint density at radius 1 is 0.605 bits per heavy atom. The fourth-order valence-corrected chi connectivity index (χ4v) is 11.8. The summed E-state index contributed by atoms with van der Waals surface area (Å²) in [6.45, 7) is 6.90. The Labute approximate surface area is 246 Å².